The predicted octanol–water partition coefficient (Wildman–Crippen LogP) is 3.78. The summed E-state index contributed by atoms with van der Waals surface area (Å²) < 4.78 is 6.27. The van der Waals surface area contributed by atoms with Crippen molar-refractivity contribution < 1.29 is 14.3 Å². The number of carbonyl (C=O) groups excluding carboxylic acids is 2. The zero-order chi connectivity index (χ0) is 21.4. The molecule has 1 fully saturated rings. The lowest BCUT2D eigenvalue weighted by atomic mass is 9.90. The van der Waals surface area contributed by atoms with Gasteiger partial charge >= 0.3 is 6.03 Å². The molecule has 2 aromatic carbocycles. The Labute approximate surface area is 180 Å². The zero-order valence-electron chi connectivity index (χ0n) is 17.0. The van der Waals surface area contributed by atoms with Crippen LogP contribution >= 0.6 is 0 Å². The van der Waals surface area contributed by atoms with Crippen LogP contribution in [0, 0.1) is 0 Å². The van der Waals surface area contributed by atoms with E-state index in [2.05, 4.69) is 15.6 Å². The second-order valence-electron chi connectivity index (χ2n) is 7.91. The van der Waals surface area contributed by atoms with Gasteiger partial charge in [0.15, 0.2) is 5.72 Å². The Hall–Kier alpha value is -3.87. The van der Waals surface area contributed by atoms with Crippen LogP contribution in [0.25, 0.3) is 0 Å². The van der Waals surface area contributed by atoms with Gasteiger partial charge in [0, 0.05) is 29.4 Å². The number of hydrogen-bond donors (Lipinski definition) is 2. The predicted molar refractivity (Wildman–Crippen MR) is 116 cm³/mol. The van der Waals surface area contributed by atoms with Crippen molar-refractivity contribution in [1.29, 1.82) is 0 Å². The summed E-state index contributed by atoms with van der Waals surface area (Å²) in [6.45, 7) is 2.27. The number of urea groups is 1. The van der Waals surface area contributed by atoms with E-state index in [-0.39, 0.29) is 18.0 Å². The van der Waals surface area contributed by atoms with Gasteiger partial charge in [0.05, 0.1) is 18.3 Å². The van der Waals surface area contributed by atoms with Crippen LogP contribution in [-0.4, -0.2) is 22.6 Å². The maximum atomic E-state index is 13.0. The number of carbonyl (C=O) groups is 2. The number of anilines is 1. The van der Waals surface area contributed by atoms with Crippen molar-refractivity contribution >= 4 is 17.6 Å². The normalized spacial score (nSPS) is 21.5. The van der Waals surface area contributed by atoms with E-state index in [0.717, 1.165) is 17.0 Å². The Morgan fingerprint density at radius 3 is 2.71 bits per heavy atom. The highest BCUT2D eigenvalue weighted by Gasteiger charge is 2.49. The molecule has 156 valence electrons. The Bertz CT molecular complexity index is 1130. The van der Waals surface area contributed by atoms with Gasteiger partial charge < -0.3 is 15.4 Å². The number of nitrogens with one attached hydrogen (secondary N) is 2. The van der Waals surface area contributed by atoms with Crippen molar-refractivity contribution in [3.63, 3.8) is 0 Å². The van der Waals surface area contributed by atoms with Crippen molar-refractivity contribution in [2.45, 2.75) is 31.7 Å². The molecule has 2 atom stereocenters. The number of pyridine rings is 1. The molecule has 3 aromatic rings. The summed E-state index contributed by atoms with van der Waals surface area (Å²) in [5.74, 6) is 0.575. The molecule has 3 heterocycles. The van der Waals surface area contributed by atoms with Crippen molar-refractivity contribution in [2.24, 2.45) is 0 Å². The first-order chi connectivity index (χ1) is 15.0. The summed E-state index contributed by atoms with van der Waals surface area (Å²) in [5.41, 5.74) is 2.14. The molecule has 2 unspecified atom stereocenters. The minimum Gasteiger partial charge on any atom is -0.467 e. The summed E-state index contributed by atoms with van der Waals surface area (Å²) in [7, 11) is 0. The molecule has 2 aliphatic rings. The van der Waals surface area contributed by atoms with Gasteiger partial charge in [0.25, 0.3) is 5.91 Å². The first-order valence-electron chi connectivity index (χ1n) is 10.2. The summed E-state index contributed by atoms with van der Waals surface area (Å²) in [6.07, 6.45) is 2.32. The molecule has 7 nitrogen and oxygen atoms in total. The van der Waals surface area contributed by atoms with Crippen LogP contribution in [0.1, 0.15) is 41.0 Å². The Balaban J connectivity index is 1.35. The molecular formula is C24H22N4O3. The molecule has 2 N–H and O–H groups in total. The van der Waals surface area contributed by atoms with Gasteiger partial charge in [-0.1, -0.05) is 24.3 Å². The minimum absolute atomic E-state index is 0.0876. The van der Waals surface area contributed by atoms with Crippen LogP contribution < -0.4 is 20.3 Å². The molecule has 1 aromatic heterocycles. The van der Waals surface area contributed by atoms with Crippen LogP contribution in [-0.2, 0) is 6.54 Å². The molecule has 2 bridgehead atoms. The molecule has 31 heavy (non-hydrogen) atoms. The number of nitrogens with zero attached hydrogens (tertiary/aromatic N) is 2. The third kappa shape index (κ3) is 3.48. The molecule has 2 aliphatic heterocycles. The van der Waals surface area contributed by atoms with Gasteiger partial charge in [-0.25, -0.2) is 4.79 Å². The van der Waals surface area contributed by atoms with Crippen LogP contribution in [0.2, 0.25) is 0 Å². The lowest BCUT2D eigenvalue weighted by Gasteiger charge is -2.50. The maximum Gasteiger partial charge on any atom is 0.325 e. The van der Waals surface area contributed by atoms with Gasteiger partial charge in [-0.05, 0) is 49.4 Å². The average molecular weight is 414 g/mol. The third-order valence-electron chi connectivity index (χ3n) is 5.72. The van der Waals surface area contributed by atoms with Crippen LogP contribution in [0.3, 0.4) is 0 Å². The van der Waals surface area contributed by atoms with E-state index in [1.165, 1.54) is 0 Å². The number of amides is 3. The second kappa shape index (κ2) is 7.43. The van der Waals surface area contributed by atoms with E-state index in [0.29, 0.717) is 24.2 Å². The zero-order valence-corrected chi connectivity index (χ0v) is 17.0. The number of fused-ring (bicyclic) bond motifs is 4. The van der Waals surface area contributed by atoms with Crippen LogP contribution in [0.15, 0.2) is 72.9 Å². The molecule has 3 amide bonds. The summed E-state index contributed by atoms with van der Waals surface area (Å²) in [4.78, 5) is 31.3. The monoisotopic (exact) mass is 414 g/mol. The van der Waals surface area contributed by atoms with E-state index >= 15 is 0 Å². The van der Waals surface area contributed by atoms with Crippen molar-refractivity contribution in [1.82, 2.24) is 15.6 Å². The van der Waals surface area contributed by atoms with E-state index in [1.807, 2.05) is 49.4 Å². The Kier molecular flexibility index (Phi) is 4.58. The molecule has 7 heteroatoms. The highest BCUT2D eigenvalue weighted by Crippen LogP contribution is 2.45. The summed E-state index contributed by atoms with van der Waals surface area (Å²) >= 11 is 0. The molecule has 0 radical (unpaired) electrons. The number of aromatic nitrogens is 1. The van der Waals surface area contributed by atoms with E-state index in [9.17, 15) is 9.59 Å². The van der Waals surface area contributed by atoms with Gasteiger partial charge in [-0.2, -0.15) is 0 Å². The number of hydrogen-bond acceptors (Lipinski definition) is 4. The van der Waals surface area contributed by atoms with Gasteiger partial charge in [0.2, 0.25) is 0 Å². The van der Waals surface area contributed by atoms with Crippen molar-refractivity contribution in [3.8, 4) is 5.75 Å². The second-order valence-corrected chi connectivity index (χ2v) is 7.91. The SMILES string of the molecule is CC12CC(NC(=O)N1c1ccc(C(=O)NCc3ccccn3)cc1)c1ccccc1O2. The van der Waals surface area contributed by atoms with E-state index < -0.39 is 5.72 Å². The highest BCUT2D eigenvalue weighted by atomic mass is 16.5. The van der Waals surface area contributed by atoms with Crippen molar-refractivity contribution in [2.75, 3.05) is 4.90 Å². The fourth-order valence-electron chi connectivity index (χ4n) is 4.25. The molecule has 0 aliphatic carbocycles. The standard InChI is InChI=1S/C24H22N4O3/c1-24-14-20(19-7-2-3-8-21(19)31-24)27-23(30)28(24)18-11-9-16(10-12-18)22(29)26-15-17-6-4-5-13-25-17/h2-13,20H,14-15H2,1H3,(H,26,29)(H,27,30). The molecule has 0 saturated carbocycles. The van der Waals surface area contributed by atoms with Gasteiger partial charge in [-0.15, -0.1) is 0 Å². The molecule has 5 rings (SSSR count). The first-order valence-corrected chi connectivity index (χ1v) is 10.2. The third-order valence-corrected chi connectivity index (χ3v) is 5.72. The smallest absolute Gasteiger partial charge is 0.325 e. The average Bonchev–Trinajstić information content (AvgIpc) is 2.78. The number of ether oxygens (including phenoxy) is 1. The first kappa shape index (κ1) is 19.1. The lowest BCUT2D eigenvalue weighted by molar-refractivity contribution is 0.0379. The summed E-state index contributed by atoms with van der Waals surface area (Å²) in [6, 6.07) is 20.0. The van der Waals surface area contributed by atoms with Gasteiger partial charge in [0.1, 0.15) is 5.75 Å². The highest BCUT2D eigenvalue weighted by molar-refractivity contribution is 5.97. The minimum atomic E-state index is -0.815. The topological polar surface area (TPSA) is 83.6 Å². The quantitative estimate of drug-likeness (QED) is 0.681. The molecule has 0 spiro atoms. The summed E-state index contributed by atoms with van der Waals surface area (Å²) in [5, 5.41) is 5.93. The van der Waals surface area contributed by atoms with Gasteiger partial charge in [-0.3, -0.25) is 14.7 Å². The molecular weight excluding hydrogens is 392 g/mol. The Morgan fingerprint density at radius 1 is 1.16 bits per heavy atom. The largest absolute Gasteiger partial charge is 0.467 e. The van der Waals surface area contributed by atoms with Crippen LogP contribution in [0.5, 0.6) is 5.75 Å². The molecule has 1 saturated heterocycles. The fraction of sp³-hybridized carbons (Fsp3) is 0.208. The van der Waals surface area contributed by atoms with Crippen LogP contribution in [0.4, 0.5) is 10.5 Å². The number of rotatable bonds is 4. The Morgan fingerprint density at radius 2 is 1.94 bits per heavy atom. The van der Waals surface area contributed by atoms with E-state index in [4.69, 9.17) is 4.74 Å². The lowest BCUT2D eigenvalue weighted by Crippen LogP contribution is -2.65. The maximum absolute atomic E-state index is 13.0. The number of benzene rings is 2. The van der Waals surface area contributed by atoms with Crippen molar-refractivity contribution in [3.05, 3.63) is 89.7 Å². The fourth-order valence-corrected chi connectivity index (χ4v) is 4.25. The number of para-hydroxylation sites is 1. The van der Waals surface area contributed by atoms with E-state index in [1.54, 1.807) is 35.4 Å².